The van der Waals surface area contributed by atoms with Crippen LogP contribution < -0.4 is 15.8 Å². The number of hydrogen-bond donors (Lipinski definition) is 3. The summed E-state index contributed by atoms with van der Waals surface area (Å²) in [4.78, 5) is 24.4. The number of hydrogen-bond acceptors (Lipinski definition) is 7. The number of aliphatic imine (C=N–C) groups is 1. The highest BCUT2D eigenvalue weighted by Gasteiger charge is 2.14. The summed E-state index contributed by atoms with van der Waals surface area (Å²) in [5.74, 6) is 0.550. The second-order valence-corrected chi connectivity index (χ2v) is 7.48. The molecule has 2 aromatic heterocycles. The van der Waals surface area contributed by atoms with Gasteiger partial charge in [-0.1, -0.05) is 6.07 Å². The Kier molecular flexibility index (Phi) is 7.98. The maximum atomic E-state index is 11.2. The number of aliphatic carboxylic acids is 1. The van der Waals surface area contributed by atoms with Gasteiger partial charge in [-0.2, -0.15) is 0 Å². The van der Waals surface area contributed by atoms with Crippen molar-refractivity contribution in [3.05, 3.63) is 59.1 Å². The molecule has 1 atom stereocenters. The number of carboxylic acids is 1. The number of anilines is 1. The molecule has 3 heterocycles. The van der Waals surface area contributed by atoms with E-state index in [1.54, 1.807) is 30.6 Å². The molecule has 2 aromatic rings. The van der Waals surface area contributed by atoms with E-state index in [1.807, 2.05) is 0 Å². The maximum Gasteiger partial charge on any atom is 0.305 e. The number of fused-ring (bicyclic) bond motifs is 1. The summed E-state index contributed by atoms with van der Waals surface area (Å²) in [7, 11) is 1.53. The molecule has 8 nitrogen and oxygen atoms in total. The molecule has 0 amide bonds. The minimum Gasteiger partial charge on any atom is -0.481 e. The van der Waals surface area contributed by atoms with Crippen molar-refractivity contribution in [3.8, 4) is 5.88 Å². The van der Waals surface area contributed by atoms with Crippen LogP contribution in [-0.2, 0) is 17.6 Å². The van der Waals surface area contributed by atoms with Crippen LogP contribution in [0.3, 0.4) is 0 Å². The highest BCUT2D eigenvalue weighted by atomic mass is 16.5. The predicted molar refractivity (Wildman–Crippen MR) is 121 cm³/mol. The van der Waals surface area contributed by atoms with Crippen molar-refractivity contribution < 1.29 is 14.6 Å². The molecule has 0 spiro atoms. The molecule has 4 N–H and O–H groups in total. The number of pyridine rings is 2. The molecule has 0 saturated heterocycles. The number of nitrogens with zero attached hydrogens (tertiary/aromatic N) is 3. The fourth-order valence-corrected chi connectivity index (χ4v) is 3.44. The Morgan fingerprint density at radius 2 is 2.26 bits per heavy atom. The van der Waals surface area contributed by atoms with Gasteiger partial charge in [0.05, 0.1) is 19.6 Å². The number of carbonyl (C=O) groups is 1. The minimum absolute atomic E-state index is 0.129. The van der Waals surface area contributed by atoms with Gasteiger partial charge in [0, 0.05) is 36.4 Å². The van der Waals surface area contributed by atoms with Gasteiger partial charge in [-0.3, -0.25) is 9.79 Å². The molecule has 31 heavy (non-hydrogen) atoms. The summed E-state index contributed by atoms with van der Waals surface area (Å²) in [6.07, 6.45) is 9.43. The third-order valence-electron chi connectivity index (χ3n) is 5.13. The Morgan fingerprint density at radius 1 is 1.39 bits per heavy atom. The number of nitrogens with one attached hydrogen (secondary N) is 1. The first-order valence-electron chi connectivity index (χ1n) is 10.5. The zero-order valence-electron chi connectivity index (χ0n) is 17.8. The van der Waals surface area contributed by atoms with Crippen LogP contribution in [0.25, 0.3) is 0 Å². The van der Waals surface area contributed by atoms with Gasteiger partial charge in [-0.25, -0.2) is 9.97 Å². The number of aromatic nitrogens is 2. The zero-order chi connectivity index (χ0) is 22.1. The van der Waals surface area contributed by atoms with Crippen molar-refractivity contribution in [2.45, 2.75) is 44.6 Å². The van der Waals surface area contributed by atoms with E-state index in [-0.39, 0.29) is 6.42 Å². The number of methoxy groups -OCH3 is 1. The highest BCUT2D eigenvalue weighted by Crippen LogP contribution is 2.22. The van der Waals surface area contributed by atoms with Gasteiger partial charge in [0.1, 0.15) is 5.82 Å². The zero-order valence-corrected chi connectivity index (χ0v) is 17.8. The third-order valence-corrected chi connectivity index (χ3v) is 5.13. The van der Waals surface area contributed by atoms with Crippen LogP contribution in [0.5, 0.6) is 5.88 Å². The average Bonchev–Trinajstić information content (AvgIpc) is 2.78. The topological polar surface area (TPSA) is 123 Å². The quantitative estimate of drug-likeness (QED) is 0.501. The number of aryl methyl sites for hydroxylation is 2. The Labute approximate surface area is 182 Å². The summed E-state index contributed by atoms with van der Waals surface area (Å²) in [5, 5.41) is 12.5. The summed E-state index contributed by atoms with van der Waals surface area (Å²) in [6, 6.07) is 7.17. The van der Waals surface area contributed by atoms with Crippen molar-refractivity contribution >= 4 is 18.0 Å². The van der Waals surface area contributed by atoms with Gasteiger partial charge >= 0.3 is 5.97 Å². The smallest absolute Gasteiger partial charge is 0.305 e. The first-order chi connectivity index (χ1) is 15.0. The van der Waals surface area contributed by atoms with E-state index < -0.39 is 12.0 Å². The SMILES string of the molecule is COc1ccc([C@H](CC(=O)O)N=CC=C(N)CCCc2ccc3c(n2)NCCC3)cn1. The van der Waals surface area contributed by atoms with Crippen LogP contribution in [0.4, 0.5) is 5.82 Å². The maximum absolute atomic E-state index is 11.2. The van der Waals surface area contributed by atoms with Crippen molar-refractivity contribution in [3.63, 3.8) is 0 Å². The predicted octanol–water partition coefficient (Wildman–Crippen LogP) is 3.30. The standard InChI is InChI=1S/C23H29N5O3/c1-31-21-10-8-17(15-27-21)20(14-22(29)30)25-13-11-18(24)5-2-6-19-9-7-16-4-3-12-26-23(16)28-19/h7-11,13,15,20H,2-6,12,14,24H2,1H3,(H,26,28)(H,29,30)/t20-/m0/s1. The first-order valence-corrected chi connectivity index (χ1v) is 10.5. The lowest BCUT2D eigenvalue weighted by molar-refractivity contribution is -0.137. The Hall–Kier alpha value is -3.42. The number of allylic oxidation sites excluding steroid dienone is 2. The third kappa shape index (κ3) is 6.80. The number of carboxylic acid groups (broad SMARTS) is 1. The van der Waals surface area contributed by atoms with Gasteiger partial charge < -0.3 is 20.9 Å². The molecular weight excluding hydrogens is 394 g/mol. The largest absolute Gasteiger partial charge is 0.481 e. The molecule has 3 rings (SSSR count). The molecule has 0 unspecified atom stereocenters. The average molecular weight is 424 g/mol. The van der Waals surface area contributed by atoms with Gasteiger partial charge in [-0.15, -0.1) is 0 Å². The molecule has 1 aliphatic heterocycles. The van der Waals surface area contributed by atoms with E-state index in [2.05, 4.69) is 27.4 Å². The Morgan fingerprint density at radius 3 is 3.00 bits per heavy atom. The lowest BCUT2D eigenvalue weighted by atomic mass is 10.1. The van der Waals surface area contributed by atoms with Gasteiger partial charge in [-0.05, 0) is 61.4 Å². The molecule has 0 saturated carbocycles. The highest BCUT2D eigenvalue weighted by molar-refractivity contribution is 5.73. The van der Waals surface area contributed by atoms with E-state index in [9.17, 15) is 9.90 Å². The van der Waals surface area contributed by atoms with Crippen LogP contribution in [0, 0.1) is 0 Å². The molecule has 0 aromatic carbocycles. The van der Waals surface area contributed by atoms with Crippen molar-refractivity contribution in [2.75, 3.05) is 19.0 Å². The second-order valence-electron chi connectivity index (χ2n) is 7.48. The molecule has 164 valence electrons. The van der Waals surface area contributed by atoms with Crippen LogP contribution >= 0.6 is 0 Å². The normalized spacial score (nSPS) is 14.7. The van der Waals surface area contributed by atoms with Crippen molar-refractivity contribution in [1.82, 2.24) is 9.97 Å². The summed E-state index contributed by atoms with van der Waals surface area (Å²) in [5.41, 5.74) is 9.85. The molecule has 0 fully saturated rings. The van der Waals surface area contributed by atoms with Crippen molar-refractivity contribution in [2.24, 2.45) is 10.7 Å². The second kappa shape index (κ2) is 11.1. The minimum atomic E-state index is -0.929. The van der Waals surface area contributed by atoms with E-state index in [0.717, 1.165) is 43.7 Å². The van der Waals surface area contributed by atoms with E-state index in [4.69, 9.17) is 15.5 Å². The molecule has 1 aliphatic rings. The summed E-state index contributed by atoms with van der Waals surface area (Å²) >= 11 is 0. The first kappa shape index (κ1) is 22.3. The Bertz CT molecular complexity index is 941. The fraction of sp³-hybridized carbons (Fsp3) is 0.391. The van der Waals surface area contributed by atoms with Crippen LogP contribution in [0.2, 0.25) is 0 Å². The van der Waals surface area contributed by atoms with Gasteiger partial charge in [0.2, 0.25) is 5.88 Å². The van der Waals surface area contributed by atoms with Gasteiger partial charge in [0.25, 0.3) is 0 Å². The van der Waals surface area contributed by atoms with Crippen LogP contribution in [0.1, 0.15) is 48.5 Å². The van der Waals surface area contributed by atoms with Crippen molar-refractivity contribution in [1.29, 1.82) is 0 Å². The summed E-state index contributed by atoms with van der Waals surface area (Å²) in [6.45, 7) is 0.980. The molecule has 0 aliphatic carbocycles. The summed E-state index contributed by atoms with van der Waals surface area (Å²) < 4.78 is 5.04. The number of nitrogens with two attached hydrogens (primary N) is 1. The molecule has 8 heteroatoms. The molecular formula is C23H29N5O3. The molecule has 0 radical (unpaired) electrons. The number of rotatable bonds is 10. The number of ether oxygens (including phenoxy) is 1. The lowest BCUT2D eigenvalue weighted by Crippen LogP contribution is -2.14. The van der Waals surface area contributed by atoms with Crippen LogP contribution in [-0.4, -0.2) is 40.9 Å². The lowest BCUT2D eigenvalue weighted by Gasteiger charge is -2.17. The van der Waals surface area contributed by atoms with E-state index in [1.165, 1.54) is 12.7 Å². The Balaban J connectivity index is 1.53. The van der Waals surface area contributed by atoms with E-state index in [0.29, 0.717) is 23.6 Å². The fourth-order valence-electron chi connectivity index (χ4n) is 3.44. The molecule has 0 bridgehead atoms. The van der Waals surface area contributed by atoms with Gasteiger partial charge in [0.15, 0.2) is 0 Å². The van der Waals surface area contributed by atoms with Crippen LogP contribution in [0.15, 0.2) is 47.2 Å². The monoisotopic (exact) mass is 423 g/mol. The van der Waals surface area contributed by atoms with E-state index >= 15 is 0 Å².